The zero-order chi connectivity index (χ0) is 14.0. The highest BCUT2D eigenvalue weighted by atomic mass is 32.2. The van der Waals surface area contributed by atoms with Crippen molar-refractivity contribution in [1.29, 1.82) is 0 Å². The van der Waals surface area contributed by atoms with Crippen LogP contribution in [0.1, 0.15) is 32.1 Å². The Hall–Kier alpha value is -0.980. The van der Waals surface area contributed by atoms with Gasteiger partial charge in [0.1, 0.15) is 4.90 Å². The van der Waals surface area contributed by atoms with E-state index in [1.165, 1.54) is 6.20 Å². The highest BCUT2D eigenvalue weighted by molar-refractivity contribution is 7.89. The lowest BCUT2D eigenvalue weighted by atomic mass is 10.2. The summed E-state index contributed by atoms with van der Waals surface area (Å²) in [6, 6.07) is 3.45. The van der Waals surface area contributed by atoms with Crippen LogP contribution in [0, 0.1) is 0 Å². The number of hydrogen-bond acceptors (Lipinski definition) is 4. The summed E-state index contributed by atoms with van der Waals surface area (Å²) in [5.74, 6) is 0. The van der Waals surface area contributed by atoms with Crippen LogP contribution in [0.15, 0.2) is 29.4 Å². The van der Waals surface area contributed by atoms with E-state index in [0.717, 1.165) is 38.7 Å². The van der Waals surface area contributed by atoms with Gasteiger partial charge in [-0.15, -0.1) is 0 Å². The molecule has 110 valence electrons. The number of ether oxygens (including phenoxy) is 1. The van der Waals surface area contributed by atoms with Crippen molar-refractivity contribution >= 4 is 10.0 Å². The standard InChI is InChI=1S/C14H20N2O3S/c17-20(18,14-4-1-8-15-11-14)16(12-5-6-12)9-7-13-3-2-10-19-13/h1,4,8,11-13H,2-3,5-7,9-10H2/t13-/m1/s1. The Morgan fingerprint density at radius 1 is 1.35 bits per heavy atom. The van der Waals surface area contributed by atoms with Crippen LogP contribution in [0.5, 0.6) is 0 Å². The molecule has 0 amide bonds. The lowest BCUT2D eigenvalue weighted by Crippen LogP contribution is -2.35. The van der Waals surface area contributed by atoms with Gasteiger partial charge in [0.2, 0.25) is 10.0 Å². The molecule has 0 unspecified atom stereocenters. The van der Waals surface area contributed by atoms with E-state index in [2.05, 4.69) is 4.98 Å². The molecule has 20 heavy (non-hydrogen) atoms. The average Bonchev–Trinajstić information content (AvgIpc) is 3.15. The van der Waals surface area contributed by atoms with E-state index < -0.39 is 10.0 Å². The Bertz CT molecular complexity index is 537. The van der Waals surface area contributed by atoms with E-state index in [4.69, 9.17) is 4.74 Å². The summed E-state index contributed by atoms with van der Waals surface area (Å²) in [6.45, 7) is 1.36. The maximum absolute atomic E-state index is 12.7. The van der Waals surface area contributed by atoms with Gasteiger partial charge in [-0.2, -0.15) is 4.31 Å². The first-order chi connectivity index (χ1) is 9.68. The van der Waals surface area contributed by atoms with Gasteiger partial charge in [-0.1, -0.05) is 0 Å². The number of pyridine rings is 1. The van der Waals surface area contributed by atoms with E-state index in [-0.39, 0.29) is 12.1 Å². The second-order valence-corrected chi connectivity index (χ2v) is 7.35. The summed E-state index contributed by atoms with van der Waals surface area (Å²) in [7, 11) is -3.41. The van der Waals surface area contributed by atoms with E-state index in [1.54, 1.807) is 22.6 Å². The van der Waals surface area contributed by atoms with Crippen LogP contribution >= 0.6 is 0 Å². The molecule has 1 saturated heterocycles. The first kappa shape index (κ1) is 14.0. The molecular weight excluding hydrogens is 276 g/mol. The molecule has 0 radical (unpaired) electrons. The minimum Gasteiger partial charge on any atom is -0.378 e. The first-order valence-electron chi connectivity index (χ1n) is 7.21. The molecule has 2 fully saturated rings. The SMILES string of the molecule is O=S(=O)(c1cccnc1)N(CC[C@H]1CCCO1)C1CC1. The number of aromatic nitrogens is 1. The summed E-state index contributed by atoms with van der Waals surface area (Å²) < 4.78 is 32.6. The Balaban J connectivity index is 1.72. The smallest absolute Gasteiger partial charge is 0.244 e. The fourth-order valence-electron chi connectivity index (χ4n) is 2.64. The Kier molecular flexibility index (Phi) is 4.05. The number of nitrogens with zero attached hydrogens (tertiary/aromatic N) is 2. The van der Waals surface area contributed by atoms with E-state index in [1.807, 2.05) is 0 Å². The Labute approximate surface area is 120 Å². The second-order valence-electron chi connectivity index (χ2n) is 5.46. The third-order valence-electron chi connectivity index (χ3n) is 3.89. The molecule has 3 rings (SSSR count). The van der Waals surface area contributed by atoms with Crippen molar-refractivity contribution in [2.24, 2.45) is 0 Å². The maximum Gasteiger partial charge on any atom is 0.244 e. The molecule has 5 nitrogen and oxygen atoms in total. The lowest BCUT2D eigenvalue weighted by Gasteiger charge is -2.23. The van der Waals surface area contributed by atoms with Gasteiger partial charge in [-0.25, -0.2) is 8.42 Å². The highest BCUT2D eigenvalue weighted by Crippen LogP contribution is 2.32. The normalized spacial score (nSPS) is 23.4. The van der Waals surface area contributed by atoms with Crippen LogP contribution in [0.2, 0.25) is 0 Å². The topological polar surface area (TPSA) is 59.5 Å². The lowest BCUT2D eigenvalue weighted by molar-refractivity contribution is 0.0990. The zero-order valence-electron chi connectivity index (χ0n) is 11.4. The van der Waals surface area contributed by atoms with Gasteiger partial charge >= 0.3 is 0 Å². The minimum atomic E-state index is -3.41. The van der Waals surface area contributed by atoms with E-state index in [9.17, 15) is 8.42 Å². The van der Waals surface area contributed by atoms with Crippen LogP contribution < -0.4 is 0 Å². The van der Waals surface area contributed by atoms with Crippen molar-refractivity contribution in [2.45, 2.75) is 49.1 Å². The van der Waals surface area contributed by atoms with Crippen LogP contribution in [0.3, 0.4) is 0 Å². The second kappa shape index (κ2) is 5.79. The molecule has 0 bridgehead atoms. The minimum absolute atomic E-state index is 0.168. The average molecular weight is 296 g/mol. The van der Waals surface area contributed by atoms with Gasteiger partial charge in [-0.05, 0) is 44.2 Å². The fraction of sp³-hybridized carbons (Fsp3) is 0.643. The molecule has 1 aliphatic heterocycles. The summed E-state index contributed by atoms with van der Waals surface area (Å²) in [4.78, 5) is 4.21. The van der Waals surface area contributed by atoms with Crippen LogP contribution in [-0.2, 0) is 14.8 Å². The summed E-state index contributed by atoms with van der Waals surface area (Å²) in [5.41, 5.74) is 0. The number of sulfonamides is 1. The maximum atomic E-state index is 12.7. The van der Waals surface area contributed by atoms with E-state index >= 15 is 0 Å². The van der Waals surface area contributed by atoms with Gasteiger partial charge in [0, 0.05) is 31.6 Å². The molecule has 1 atom stereocenters. The summed E-state index contributed by atoms with van der Waals surface area (Å²) >= 11 is 0. The predicted octanol–water partition coefficient (Wildman–Crippen LogP) is 1.80. The number of hydrogen-bond donors (Lipinski definition) is 0. The molecule has 1 aromatic heterocycles. The van der Waals surface area contributed by atoms with Gasteiger partial charge in [0.15, 0.2) is 0 Å². The quantitative estimate of drug-likeness (QED) is 0.803. The van der Waals surface area contributed by atoms with Crippen LogP contribution in [-0.4, -0.2) is 43.0 Å². The van der Waals surface area contributed by atoms with Crippen LogP contribution in [0.4, 0.5) is 0 Å². The zero-order valence-corrected chi connectivity index (χ0v) is 12.3. The van der Waals surface area contributed by atoms with Gasteiger partial charge < -0.3 is 4.74 Å². The molecule has 6 heteroatoms. The third-order valence-corrected chi connectivity index (χ3v) is 5.83. The van der Waals surface area contributed by atoms with Gasteiger partial charge in [-0.3, -0.25) is 4.98 Å². The first-order valence-corrected chi connectivity index (χ1v) is 8.65. The summed E-state index contributed by atoms with van der Waals surface area (Å²) in [6.07, 6.45) is 8.09. The molecule has 1 saturated carbocycles. The van der Waals surface area contributed by atoms with Crippen molar-refractivity contribution in [3.63, 3.8) is 0 Å². The van der Waals surface area contributed by atoms with Gasteiger partial charge in [0.05, 0.1) is 6.10 Å². The van der Waals surface area contributed by atoms with E-state index in [0.29, 0.717) is 11.4 Å². The molecule has 2 heterocycles. The summed E-state index contributed by atoms with van der Waals surface area (Å²) in [5, 5.41) is 0. The number of rotatable bonds is 6. The van der Waals surface area contributed by atoms with Crippen LogP contribution in [0.25, 0.3) is 0 Å². The molecular formula is C14H20N2O3S. The molecule has 1 aromatic rings. The van der Waals surface area contributed by atoms with Crippen molar-refractivity contribution in [3.05, 3.63) is 24.5 Å². The van der Waals surface area contributed by atoms with Crippen molar-refractivity contribution in [1.82, 2.24) is 9.29 Å². The highest BCUT2D eigenvalue weighted by Gasteiger charge is 2.38. The molecule has 2 aliphatic rings. The van der Waals surface area contributed by atoms with Crippen molar-refractivity contribution in [2.75, 3.05) is 13.2 Å². The fourth-order valence-corrected chi connectivity index (χ4v) is 4.30. The monoisotopic (exact) mass is 296 g/mol. The van der Waals surface area contributed by atoms with Crippen molar-refractivity contribution < 1.29 is 13.2 Å². The molecule has 0 N–H and O–H groups in total. The molecule has 0 aromatic carbocycles. The Morgan fingerprint density at radius 3 is 2.80 bits per heavy atom. The third kappa shape index (κ3) is 3.02. The van der Waals surface area contributed by atoms with Gasteiger partial charge in [0.25, 0.3) is 0 Å². The Morgan fingerprint density at radius 2 is 2.20 bits per heavy atom. The predicted molar refractivity (Wildman–Crippen MR) is 74.7 cm³/mol. The largest absolute Gasteiger partial charge is 0.378 e. The van der Waals surface area contributed by atoms with Crippen molar-refractivity contribution in [3.8, 4) is 0 Å². The molecule has 0 spiro atoms. The molecule has 1 aliphatic carbocycles.